The summed E-state index contributed by atoms with van der Waals surface area (Å²) in [5.41, 5.74) is 3.52. The van der Waals surface area contributed by atoms with Crippen LogP contribution in [0.4, 0.5) is 11.4 Å². The van der Waals surface area contributed by atoms with Gasteiger partial charge in [0.25, 0.3) is 0 Å². The van der Waals surface area contributed by atoms with Crippen molar-refractivity contribution in [2.45, 2.75) is 19.7 Å². The van der Waals surface area contributed by atoms with E-state index in [1.54, 1.807) is 18.2 Å². The highest BCUT2D eigenvalue weighted by molar-refractivity contribution is 6.33. The van der Waals surface area contributed by atoms with Gasteiger partial charge in [0, 0.05) is 46.4 Å². The molecule has 0 bridgehead atoms. The molecule has 1 aliphatic heterocycles. The van der Waals surface area contributed by atoms with Crippen LogP contribution in [0.1, 0.15) is 37.5 Å². The van der Waals surface area contributed by atoms with Crippen LogP contribution in [0.5, 0.6) is 11.6 Å². The molecule has 2 aliphatic rings. The monoisotopic (exact) mass is 796 g/mol. The molecule has 58 heavy (non-hydrogen) atoms. The highest BCUT2D eigenvalue weighted by Gasteiger charge is 2.28. The number of aromatic nitrogens is 2. The molecule has 0 fully saturated rings. The minimum absolute atomic E-state index is 0.0569. The Balaban J connectivity index is 1.37. The topological polar surface area (TPSA) is 193 Å². The van der Waals surface area contributed by atoms with Gasteiger partial charge < -0.3 is 39.8 Å². The number of halogens is 1. The van der Waals surface area contributed by atoms with Crippen molar-refractivity contribution in [2.24, 2.45) is 0 Å². The molecule has 13 nitrogen and oxygen atoms in total. The number of phenols is 1. The normalized spacial score (nSPS) is 11.3. The third-order valence-electron chi connectivity index (χ3n) is 9.96. The molecule has 0 radical (unpaired) electrons. The van der Waals surface area contributed by atoms with Gasteiger partial charge in [-0.1, -0.05) is 41.9 Å². The standard InChI is InChI=1S/C44H33ClN4O9/c1-56-36-16-11-23-6-4-8-34(39(23)49-36)46-19-30-35(51)15-14-27-37(28-17-24(44(55)57-2)10-13-26(28)43(53)54)29-18-32(45)40(52)31(42(29)58-41(27)30)20-47-33-7-3-5-22-9-12-25(21-50)48-38(22)33/h3-18,46-47,50,52H,19-21H2,1-2H3,(H,53,54). The molecule has 6 aromatic rings. The number of carbonyl (C=O) groups excluding carboxylic acids is 1. The van der Waals surface area contributed by atoms with Crippen molar-refractivity contribution >= 4 is 67.7 Å². The van der Waals surface area contributed by atoms with E-state index in [9.17, 15) is 29.7 Å². The highest BCUT2D eigenvalue weighted by Crippen LogP contribution is 2.47. The number of nitrogens with zero attached hydrogens (tertiary/aromatic N) is 2. The number of carbonyl (C=O) groups is 2. The first-order chi connectivity index (χ1) is 28.1. The third kappa shape index (κ3) is 6.71. The van der Waals surface area contributed by atoms with E-state index in [0.29, 0.717) is 39.5 Å². The molecule has 290 valence electrons. The van der Waals surface area contributed by atoms with Gasteiger partial charge in [0.05, 0.1) is 76.2 Å². The van der Waals surface area contributed by atoms with Gasteiger partial charge in [0.2, 0.25) is 5.88 Å². The number of rotatable bonds is 11. The number of esters is 1. The predicted molar refractivity (Wildman–Crippen MR) is 220 cm³/mol. The quantitative estimate of drug-likeness (QED) is 0.0621. The molecule has 5 N–H and O–H groups in total. The predicted octanol–water partition coefficient (Wildman–Crippen LogP) is 8.23. The summed E-state index contributed by atoms with van der Waals surface area (Å²) in [5, 5.41) is 40.3. The SMILES string of the molecule is COC(=O)c1ccc(C(=O)O)c(-c2c3ccc(=O)c(CNc4cccc5ccc(OC)nc45)c-3oc3c(CNc4cccc5ccc(CO)nc45)c(O)c(Cl)cc23)c1. The molecule has 4 aromatic carbocycles. The van der Waals surface area contributed by atoms with Gasteiger partial charge in [-0.05, 0) is 66.2 Å². The van der Waals surface area contributed by atoms with E-state index < -0.39 is 11.9 Å². The summed E-state index contributed by atoms with van der Waals surface area (Å²) >= 11 is 6.74. The van der Waals surface area contributed by atoms with Crippen LogP contribution in [0.3, 0.4) is 0 Å². The van der Waals surface area contributed by atoms with Crippen molar-refractivity contribution in [1.82, 2.24) is 9.97 Å². The van der Waals surface area contributed by atoms with Crippen molar-refractivity contribution < 1.29 is 38.8 Å². The third-order valence-corrected chi connectivity index (χ3v) is 10.2. The Morgan fingerprint density at radius 1 is 0.810 bits per heavy atom. The van der Waals surface area contributed by atoms with Gasteiger partial charge >= 0.3 is 11.9 Å². The van der Waals surface area contributed by atoms with Crippen molar-refractivity contribution in [1.29, 1.82) is 0 Å². The molecule has 0 spiro atoms. The van der Waals surface area contributed by atoms with E-state index in [0.717, 1.165) is 10.8 Å². The van der Waals surface area contributed by atoms with Crippen LogP contribution >= 0.6 is 11.6 Å². The summed E-state index contributed by atoms with van der Waals surface area (Å²) in [6, 6.07) is 26.6. The van der Waals surface area contributed by atoms with Crippen LogP contribution in [0.25, 0.3) is 55.2 Å². The number of aliphatic hydroxyl groups is 1. The molecule has 0 unspecified atom stereocenters. The lowest BCUT2D eigenvalue weighted by atomic mass is 9.87. The van der Waals surface area contributed by atoms with Crippen molar-refractivity contribution in [2.75, 3.05) is 24.9 Å². The fourth-order valence-electron chi connectivity index (χ4n) is 7.12. The number of methoxy groups -OCH3 is 2. The number of aromatic hydroxyl groups is 1. The van der Waals surface area contributed by atoms with Crippen LogP contribution in [-0.4, -0.2) is 51.4 Å². The number of fused-ring (bicyclic) bond motifs is 4. The number of nitrogens with one attached hydrogen (secondary N) is 2. The minimum Gasteiger partial charge on any atom is -0.506 e. The van der Waals surface area contributed by atoms with Gasteiger partial charge in [0.15, 0.2) is 5.43 Å². The number of phenolic OH excluding ortho intramolecular Hbond substituents is 1. The summed E-state index contributed by atoms with van der Waals surface area (Å²) in [7, 11) is 2.73. The van der Waals surface area contributed by atoms with E-state index in [-0.39, 0.29) is 86.0 Å². The number of carboxylic acid groups (broad SMARTS) is 1. The Morgan fingerprint density at radius 2 is 1.50 bits per heavy atom. The van der Waals surface area contributed by atoms with E-state index in [2.05, 4.69) is 20.6 Å². The van der Waals surface area contributed by atoms with Gasteiger partial charge in [0.1, 0.15) is 17.1 Å². The zero-order valence-electron chi connectivity index (χ0n) is 30.9. The smallest absolute Gasteiger partial charge is 0.337 e. The summed E-state index contributed by atoms with van der Waals surface area (Å²) in [6.45, 7) is -0.402. The molecule has 0 saturated carbocycles. The van der Waals surface area contributed by atoms with Gasteiger partial charge in [-0.15, -0.1) is 0 Å². The number of hydrogen-bond acceptors (Lipinski definition) is 12. The van der Waals surface area contributed by atoms with Crippen LogP contribution in [0.2, 0.25) is 5.02 Å². The maximum Gasteiger partial charge on any atom is 0.337 e. The molecule has 0 atom stereocenters. The summed E-state index contributed by atoms with van der Waals surface area (Å²) in [6.07, 6.45) is 0. The number of aliphatic hydroxyl groups excluding tert-OH is 1. The Bertz CT molecular complexity index is 2980. The Hall–Kier alpha value is -7.22. The van der Waals surface area contributed by atoms with Gasteiger partial charge in [-0.25, -0.2) is 19.6 Å². The van der Waals surface area contributed by atoms with Crippen LogP contribution in [0, 0.1) is 0 Å². The second kappa shape index (κ2) is 15.4. The second-order valence-electron chi connectivity index (χ2n) is 13.3. The van der Waals surface area contributed by atoms with Crippen LogP contribution < -0.4 is 20.8 Å². The zero-order valence-corrected chi connectivity index (χ0v) is 31.7. The van der Waals surface area contributed by atoms with Crippen LogP contribution in [0.15, 0.2) is 106 Å². The number of anilines is 2. The first-order valence-corrected chi connectivity index (χ1v) is 18.3. The van der Waals surface area contributed by atoms with E-state index in [1.807, 2.05) is 42.5 Å². The second-order valence-corrected chi connectivity index (χ2v) is 13.7. The summed E-state index contributed by atoms with van der Waals surface area (Å²) in [5.74, 6) is -1.81. The molecule has 0 saturated heterocycles. The van der Waals surface area contributed by atoms with E-state index in [4.69, 9.17) is 25.5 Å². The van der Waals surface area contributed by atoms with Crippen molar-refractivity contribution in [3.8, 4) is 34.1 Å². The largest absolute Gasteiger partial charge is 0.506 e. The molecular formula is C44H33ClN4O9. The summed E-state index contributed by atoms with van der Waals surface area (Å²) < 4.78 is 17.0. The number of ether oxygens (including phenoxy) is 2. The number of benzene rings is 5. The van der Waals surface area contributed by atoms with E-state index in [1.165, 1.54) is 50.6 Å². The molecule has 8 rings (SSSR count). The van der Waals surface area contributed by atoms with Crippen molar-refractivity contribution in [3.05, 3.63) is 140 Å². The number of carboxylic acids is 1. The van der Waals surface area contributed by atoms with Gasteiger partial charge in [-0.2, -0.15) is 0 Å². The first-order valence-electron chi connectivity index (χ1n) is 17.9. The Morgan fingerprint density at radius 3 is 2.17 bits per heavy atom. The fourth-order valence-corrected chi connectivity index (χ4v) is 7.35. The lowest BCUT2D eigenvalue weighted by Crippen LogP contribution is -2.15. The molecular weight excluding hydrogens is 764 g/mol. The number of para-hydroxylation sites is 2. The Labute approximate surface area is 334 Å². The number of hydrogen-bond donors (Lipinski definition) is 5. The lowest BCUT2D eigenvalue weighted by molar-refractivity contribution is 0.0598. The average molecular weight is 797 g/mol. The molecule has 0 amide bonds. The maximum atomic E-state index is 13.9. The van der Waals surface area contributed by atoms with Gasteiger partial charge in [-0.3, -0.25) is 4.79 Å². The molecule has 14 heteroatoms. The number of pyridine rings is 2. The van der Waals surface area contributed by atoms with Crippen molar-refractivity contribution in [3.63, 3.8) is 0 Å². The summed E-state index contributed by atoms with van der Waals surface area (Å²) in [4.78, 5) is 48.7. The fraction of sp³-hybridized carbons (Fsp3) is 0.114. The lowest BCUT2D eigenvalue weighted by Gasteiger charge is -2.22. The zero-order chi connectivity index (χ0) is 40.7. The maximum absolute atomic E-state index is 13.9. The molecule has 1 aliphatic carbocycles. The van der Waals surface area contributed by atoms with E-state index >= 15 is 0 Å². The first kappa shape index (κ1) is 37.7. The molecule has 2 aromatic heterocycles. The van der Waals surface area contributed by atoms with Crippen LogP contribution in [-0.2, 0) is 24.4 Å². The average Bonchev–Trinajstić information content (AvgIpc) is 3.24. The number of aromatic carboxylic acids is 1. The molecule has 3 heterocycles. The minimum atomic E-state index is -1.29. The highest BCUT2D eigenvalue weighted by atomic mass is 35.5. The Kier molecular flexibility index (Phi) is 9.99.